The van der Waals surface area contributed by atoms with E-state index in [0.717, 1.165) is 31.6 Å². The molecule has 0 saturated carbocycles. The summed E-state index contributed by atoms with van der Waals surface area (Å²) >= 11 is 0. The molecule has 25 heavy (non-hydrogen) atoms. The second-order valence-electron chi connectivity index (χ2n) is 8.94. The predicted molar refractivity (Wildman–Crippen MR) is 96.9 cm³/mol. The Morgan fingerprint density at radius 3 is 2.64 bits per heavy atom. The number of nitrogens with zero attached hydrogens (tertiary/aromatic N) is 1. The van der Waals surface area contributed by atoms with Crippen molar-refractivity contribution < 1.29 is 14.8 Å². The largest absolute Gasteiger partial charge is 0.387 e. The number of piperidine rings is 1. The van der Waals surface area contributed by atoms with Crippen molar-refractivity contribution in [2.45, 2.75) is 45.4 Å². The van der Waals surface area contributed by atoms with Crippen molar-refractivity contribution in [1.29, 1.82) is 0 Å². The van der Waals surface area contributed by atoms with Crippen LogP contribution >= 0.6 is 0 Å². The molecule has 1 aliphatic carbocycles. The SMILES string of the molecule is C[NH+]1C[C@H](O)[C@H]2C3=C(CC(C)(C)CC3=O)N(Cc3ccccc3)[C@H]2C1. The van der Waals surface area contributed by atoms with Gasteiger partial charge in [0.1, 0.15) is 12.6 Å². The molecule has 4 atom stereocenters. The molecule has 4 heteroatoms. The fourth-order valence-corrected chi connectivity index (χ4v) is 5.13. The zero-order valence-corrected chi connectivity index (χ0v) is 15.5. The van der Waals surface area contributed by atoms with E-state index in [9.17, 15) is 9.90 Å². The molecular formula is C21H29N2O2+. The van der Waals surface area contributed by atoms with Crippen LogP contribution in [0.1, 0.15) is 32.3 Å². The van der Waals surface area contributed by atoms with Gasteiger partial charge in [-0.05, 0) is 17.4 Å². The lowest BCUT2D eigenvalue weighted by molar-refractivity contribution is -0.891. The summed E-state index contributed by atoms with van der Waals surface area (Å²) in [4.78, 5) is 16.8. The second-order valence-corrected chi connectivity index (χ2v) is 8.94. The van der Waals surface area contributed by atoms with Crippen molar-refractivity contribution in [3.05, 3.63) is 47.2 Å². The third-order valence-corrected chi connectivity index (χ3v) is 6.12. The van der Waals surface area contributed by atoms with Crippen LogP contribution < -0.4 is 4.90 Å². The van der Waals surface area contributed by atoms with Gasteiger partial charge < -0.3 is 14.9 Å². The summed E-state index contributed by atoms with van der Waals surface area (Å²) in [7, 11) is 2.14. The number of Topliss-reactive ketones (excluding diaryl/α,β-unsaturated/α-hetero) is 1. The van der Waals surface area contributed by atoms with Crippen LogP contribution in [-0.4, -0.2) is 48.1 Å². The number of likely N-dealkylation sites (tertiary alicyclic amines) is 1. The average molecular weight is 341 g/mol. The molecule has 1 unspecified atom stereocenters. The van der Waals surface area contributed by atoms with Crippen LogP contribution in [-0.2, 0) is 11.3 Å². The molecule has 134 valence electrons. The number of aliphatic hydroxyl groups excluding tert-OH is 1. The van der Waals surface area contributed by atoms with Crippen LogP contribution in [0.25, 0.3) is 0 Å². The van der Waals surface area contributed by atoms with Crippen LogP contribution in [0.5, 0.6) is 0 Å². The van der Waals surface area contributed by atoms with Crippen molar-refractivity contribution in [3.8, 4) is 0 Å². The molecule has 1 saturated heterocycles. The lowest BCUT2D eigenvalue weighted by Crippen LogP contribution is -3.13. The molecule has 0 amide bonds. The van der Waals surface area contributed by atoms with Crippen LogP contribution in [0, 0.1) is 11.3 Å². The first-order valence-electron chi connectivity index (χ1n) is 9.42. The predicted octanol–water partition coefficient (Wildman–Crippen LogP) is 1.02. The van der Waals surface area contributed by atoms with E-state index < -0.39 is 6.10 Å². The summed E-state index contributed by atoms with van der Waals surface area (Å²) in [6.07, 6.45) is 1.11. The minimum atomic E-state index is -0.422. The summed E-state index contributed by atoms with van der Waals surface area (Å²) in [6.45, 7) is 6.91. The van der Waals surface area contributed by atoms with Crippen molar-refractivity contribution in [2.75, 3.05) is 20.1 Å². The summed E-state index contributed by atoms with van der Waals surface area (Å²) in [5.41, 5.74) is 3.42. The summed E-state index contributed by atoms with van der Waals surface area (Å²) in [5, 5.41) is 10.8. The van der Waals surface area contributed by atoms with Crippen LogP contribution in [0.3, 0.4) is 0 Å². The zero-order chi connectivity index (χ0) is 17.8. The number of allylic oxidation sites excluding steroid dienone is 1. The molecule has 1 aromatic rings. The van der Waals surface area contributed by atoms with Gasteiger partial charge in [0.2, 0.25) is 0 Å². The summed E-state index contributed by atoms with van der Waals surface area (Å²) in [6, 6.07) is 10.7. The molecule has 3 aliphatic rings. The van der Waals surface area contributed by atoms with E-state index in [0.29, 0.717) is 6.42 Å². The second kappa shape index (κ2) is 5.96. The number of quaternary nitrogens is 1. The third-order valence-electron chi connectivity index (χ3n) is 6.12. The molecule has 2 aliphatic heterocycles. The first-order chi connectivity index (χ1) is 11.9. The van der Waals surface area contributed by atoms with Crippen molar-refractivity contribution >= 4 is 5.78 Å². The van der Waals surface area contributed by atoms with E-state index in [-0.39, 0.29) is 23.2 Å². The quantitative estimate of drug-likeness (QED) is 0.844. The van der Waals surface area contributed by atoms with Gasteiger partial charge in [0, 0.05) is 30.2 Å². The van der Waals surface area contributed by atoms with Crippen LogP contribution in [0.15, 0.2) is 41.6 Å². The number of ketones is 1. The number of fused-ring (bicyclic) bond motifs is 2. The molecule has 0 aromatic heterocycles. The number of carbonyl (C=O) groups excluding carboxylic acids is 1. The van der Waals surface area contributed by atoms with Gasteiger partial charge in [0.05, 0.1) is 19.6 Å². The highest BCUT2D eigenvalue weighted by Gasteiger charge is 2.53. The Labute approximate surface area is 150 Å². The molecular weight excluding hydrogens is 312 g/mol. The zero-order valence-electron chi connectivity index (χ0n) is 15.5. The number of hydrogen-bond donors (Lipinski definition) is 2. The number of nitrogens with one attached hydrogen (secondary N) is 1. The van der Waals surface area contributed by atoms with Gasteiger partial charge >= 0.3 is 0 Å². The Balaban J connectivity index is 1.75. The van der Waals surface area contributed by atoms with E-state index in [1.165, 1.54) is 16.2 Å². The Morgan fingerprint density at radius 1 is 1.20 bits per heavy atom. The monoisotopic (exact) mass is 341 g/mol. The normalized spacial score (nSPS) is 34.1. The maximum atomic E-state index is 13.0. The van der Waals surface area contributed by atoms with Gasteiger partial charge in [-0.25, -0.2) is 0 Å². The fourth-order valence-electron chi connectivity index (χ4n) is 5.13. The highest BCUT2D eigenvalue weighted by molar-refractivity contribution is 5.98. The number of hydrogen-bond acceptors (Lipinski definition) is 3. The molecule has 2 heterocycles. The topological polar surface area (TPSA) is 45.0 Å². The van der Waals surface area contributed by atoms with Gasteiger partial charge in [0.15, 0.2) is 5.78 Å². The highest BCUT2D eigenvalue weighted by atomic mass is 16.3. The van der Waals surface area contributed by atoms with Gasteiger partial charge in [-0.15, -0.1) is 0 Å². The molecule has 4 rings (SSSR count). The fraction of sp³-hybridized carbons (Fsp3) is 0.571. The molecule has 0 radical (unpaired) electrons. The molecule has 0 spiro atoms. The van der Waals surface area contributed by atoms with Gasteiger partial charge in [-0.2, -0.15) is 0 Å². The molecule has 1 fully saturated rings. The lowest BCUT2D eigenvalue weighted by atomic mass is 9.72. The van der Waals surface area contributed by atoms with Crippen molar-refractivity contribution in [2.24, 2.45) is 11.3 Å². The molecule has 2 N–H and O–H groups in total. The van der Waals surface area contributed by atoms with E-state index in [2.05, 4.69) is 50.1 Å². The van der Waals surface area contributed by atoms with Crippen LogP contribution in [0.2, 0.25) is 0 Å². The number of aliphatic hydroxyl groups is 1. The lowest BCUT2D eigenvalue weighted by Gasteiger charge is -2.39. The molecule has 0 bridgehead atoms. The standard InChI is InChI=1S/C21H28N2O2/c1-21(2)9-15-19(17(24)10-21)20-16(12-22(3)13-18(20)25)23(15)11-14-7-5-4-6-8-14/h4-8,16,18,20,25H,9-13H2,1-3H3/p+1/t16-,18-,20-/m0/s1. The summed E-state index contributed by atoms with van der Waals surface area (Å²) < 4.78 is 0. The highest BCUT2D eigenvalue weighted by Crippen LogP contribution is 2.48. The Bertz CT molecular complexity index is 710. The number of likely N-dealkylation sites (N-methyl/N-ethyl adjacent to an activating group) is 1. The minimum absolute atomic E-state index is 0.00204. The smallest absolute Gasteiger partial charge is 0.161 e. The van der Waals surface area contributed by atoms with Crippen molar-refractivity contribution in [1.82, 2.24) is 4.90 Å². The minimum Gasteiger partial charge on any atom is -0.387 e. The number of rotatable bonds is 2. The number of carbonyl (C=O) groups is 1. The van der Waals surface area contributed by atoms with Gasteiger partial charge in [-0.3, -0.25) is 4.79 Å². The maximum Gasteiger partial charge on any atom is 0.161 e. The number of benzene rings is 1. The van der Waals surface area contributed by atoms with E-state index in [4.69, 9.17) is 0 Å². The average Bonchev–Trinajstić information content (AvgIpc) is 2.82. The van der Waals surface area contributed by atoms with E-state index >= 15 is 0 Å². The Hall–Kier alpha value is -1.65. The first-order valence-corrected chi connectivity index (χ1v) is 9.42. The maximum absolute atomic E-state index is 13.0. The van der Waals surface area contributed by atoms with E-state index in [1.54, 1.807) is 0 Å². The van der Waals surface area contributed by atoms with Gasteiger partial charge in [0.25, 0.3) is 0 Å². The first kappa shape index (κ1) is 16.8. The van der Waals surface area contributed by atoms with Crippen LogP contribution in [0.4, 0.5) is 0 Å². The van der Waals surface area contributed by atoms with E-state index in [1.807, 2.05) is 6.07 Å². The Morgan fingerprint density at radius 2 is 1.92 bits per heavy atom. The molecule has 1 aromatic carbocycles. The van der Waals surface area contributed by atoms with Gasteiger partial charge in [-0.1, -0.05) is 44.2 Å². The summed E-state index contributed by atoms with van der Waals surface area (Å²) in [5.74, 6) is 0.251. The molecule has 4 nitrogen and oxygen atoms in total. The third kappa shape index (κ3) is 2.91. The van der Waals surface area contributed by atoms with Crippen molar-refractivity contribution in [3.63, 3.8) is 0 Å². The Kier molecular flexibility index (Phi) is 4.00.